The lowest BCUT2D eigenvalue weighted by Crippen LogP contribution is -2.41. The molecule has 1 saturated carbocycles. The number of urea groups is 1. The minimum atomic E-state index is -0.228. The van der Waals surface area contributed by atoms with Crippen molar-refractivity contribution in [3.8, 4) is 0 Å². The van der Waals surface area contributed by atoms with Crippen molar-refractivity contribution < 1.29 is 4.79 Å². The van der Waals surface area contributed by atoms with Crippen molar-refractivity contribution in [3.63, 3.8) is 0 Å². The van der Waals surface area contributed by atoms with E-state index in [9.17, 15) is 4.79 Å². The van der Waals surface area contributed by atoms with Crippen LogP contribution in [0.3, 0.4) is 0 Å². The summed E-state index contributed by atoms with van der Waals surface area (Å²) in [6, 6.07) is 5.22. The van der Waals surface area contributed by atoms with Gasteiger partial charge in [0.05, 0.1) is 15.7 Å². The van der Waals surface area contributed by atoms with Crippen molar-refractivity contribution in [3.05, 3.63) is 28.2 Å². The molecule has 2 N–H and O–H groups in total. The van der Waals surface area contributed by atoms with Crippen LogP contribution in [0.5, 0.6) is 0 Å². The van der Waals surface area contributed by atoms with Crippen LogP contribution in [0.15, 0.2) is 18.2 Å². The Morgan fingerprint density at radius 1 is 1.31 bits per heavy atom. The summed E-state index contributed by atoms with van der Waals surface area (Å²) >= 11 is 11.8. The number of benzene rings is 1. The average molecular weight is 259 g/mol. The van der Waals surface area contributed by atoms with E-state index in [2.05, 4.69) is 10.6 Å². The molecule has 1 fully saturated rings. The highest BCUT2D eigenvalue weighted by molar-refractivity contribution is 6.43. The maximum atomic E-state index is 11.6. The molecule has 0 unspecified atom stereocenters. The lowest BCUT2D eigenvalue weighted by atomic mass is 9.93. The van der Waals surface area contributed by atoms with Crippen LogP contribution < -0.4 is 10.6 Å². The fourth-order valence-electron chi connectivity index (χ4n) is 1.50. The first-order chi connectivity index (χ1) is 7.66. The van der Waals surface area contributed by atoms with Gasteiger partial charge in [-0.15, -0.1) is 0 Å². The number of halogens is 2. The zero-order valence-corrected chi connectivity index (χ0v) is 10.1. The number of carbonyl (C=O) groups is 1. The zero-order valence-electron chi connectivity index (χ0n) is 8.59. The van der Waals surface area contributed by atoms with Gasteiger partial charge in [-0.05, 0) is 31.4 Å². The summed E-state index contributed by atoms with van der Waals surface area (Å²) in [6.45, 7) is 0. The fourth-order valence-corrected chi connectivity index (χ4v) is 1.84. The van der Waals surface area contributed by atoms with Crippen LogP contribution in [0.25, 0.3) is 0 Å². The highest BCUT2D eigenvalue weighted by Crippen LogP contribution is 2.29. The summed E-state index contributed by atoms with van der Waals surface area (Å²) in [5, 5.41) is 6.35. The van der Waals surface area contributed by atoms with Gasteiger partial charge in [0, 0.05) is 6.04 Å². The number of carbonyl (C=O) groups excluding carboxylic acids is 1. The van der Waals surface area contributed by atoms with Crippen molar-refractivity contribution in [2.45, 2.75) is 25.3 Å². The summed E-state index contributed by atoms with van der Waals surface area (Å²) in [5.74, 6) is 0. The van der Waals surface area contributed by atoms with E-state index < -0.39 is 0 Å². The summed E-state index contributed by atoms with van der Waals surface area (Å²) in [5.41, 5.74) is 0.533. The molecule has 0 spiro atoms. The Morgan fingerprint density at radius 3 is 2.69 bits per heavy atom. The Hall–Kier alpha value is -0.930. The van der Waals surface area contributed by atoms with Gasteiger partial charge in [-0.25, -0.2) is 4.79 Å². The molecule has 0 saturated heterocycles. The van der Waals surface area contributed by atoms with Crippen LogP contribution >= 0.6 is 23.2 Å². The fraction of sp³-hybridized carbons (Fsp3) is 0.364. The van der Waals surface area contributed by atoms with Crippen LogP contribution in [-0.2, 0) is 0 Å². The molecular formula is C11H12Cl2N2O. The van der Waals surface area contributed by atoms with E-state index in [1.54, 1.807) is 18.2 Å². The van der Waals surface area contributed by atoms with Gasteiger partial charge in [-0.2, -0.15) is 0 Å². The molecule has 16 heavy (non-hydrogen) atoms. The van der Waals surface area contributed by atoms with Crippen LogP contribution in [0.1, 0.15) is 19.3 Å². The molecule has 1 aromatic carbocycles. The van der Waals surface area contributed by atoms with Gasteiger partial charge in [0.15, 0.2) is 0 Å². The molecule has 5 heteroatoms. The number of rotatable bonds is 2. The first-order valence-electron chi connectivity index (χ1n) is 5.18. The third-order valence-electron chi connectivity index (χ3n) is 2.64. The normalized spacial score (nSPS) is 15.4. The molecule has 2 rings (SSSR count). The minimum absolute atomic E-state index is 0.228. The third kappa shape index (κ3) is 2.60. The summed E-state index contributed by atoms with van der Waals surface area (Å²) < 4.78 is 0. The molecular weight excluding hydrogens is 247 g/mol. The highest BCUT2D eigenvalue weighted by atomic mass is 35.5. The Balaban J connectivity index is 1.97. The van der Waals surface area contributed by atoms with Crippen molar-refractivity contribution in [1.82, 2.24) is 5.32 Å². The Kier molecular flexibility index (Phi) is 3.56. The molecule has 0 heterocycles. The summed E-state index contributed by atoms with van der Waals surface area (Å²) in [4.78, 5) is 11.6. The number of hydrogen-bond donors (Lipinski definition) is 2. The van der Waals surface area contributed by atoms with Crippen LogP contribution in [0, 0.1) is 0 Å². The molecule has 0 radical (unpaired) electrons. The quantitative estimate of drug-likeness (QED) is 0.835. The number of hydrogen-bond acceptors (Lipinski definition) is 1. The molecule has 0 aromatic heterocycles. The molecule has 0 bridgehead atoms. The smallest absolute Gasteiger partial charge is 0.319 e. The largest absolute Gasteiger partial charge is 0.335 e. The number of anilines is 1. The second-order valence-corrected chi connectivity index (χ2v) is 4.61. The molecule has 0 atom stereocenters. The van der Waals surface area contributed by atoms with Crippen molar-refractivity contribution in [2.24, 2.45) is 0 Å². The molecule has 1 aliphatic rings. The molecule has 3 nitrogen and oxygen atoms in total. The molecule has 1 aromatic rings. The van der Waals surface area contributed by atoms with Crippen LogP contribution in [0.4, 0.5) is 10.5 Å². The monoisotopic (exact) mass is 258 g/mol. The van der Waals surface area contributed by atoms with Crippen molar-refractivity contribution in [1.29, 1.82) is 0 Å². The SMILES string of the molecule is O=C(Nc1cccc(Cl)c1Cl)NC1CCC1. The topological polar surface area (TPSA) is 41.1 Å². The zero-order chi connectivity index (χ0) is 11.5. The molecule has 0 aliphatic heterocycles. The van der Waals surface area contributed by atoms with Gasteiger partial charge < -0.3 is 10.6 Å². The number of amides is 2. The van der Waals surface area contributed by atoms with Gasteiger partial charge in [0.25, 0.3) is 0 Å². The van der Waals surface area contributed by atoms with Gasteiger partial charge >= 0.3 is 6.03 Å². The lowest BCUT2D eigenvalue weighted by Gasteiger charge is -2.26. The van der Waals surface area contributed by atoms with Crippen LogP contribution in [0.2, 0.25) is 10.0 Å². The van der Waals surface area contributed by atoms with Gasteiger partial charge in [-0.1, -0.05) is 29.3 Å². The lowest BCUT2D eigenvalue weighted by molar-refractivity contribution is 0.240. The third-order valence-corrected chi connectivity index (χ3v) is 3.46. The standard InChI is InChI=1S/C11H12Cl2N2O/c12-8-5-2-6-9(10(8)13)15-11(16)14-7-3-1-4-7/h2,5-7H,1,3-4H2,(H2,14,15,16). The average Bonchev–Trinajstić information content (AvgIpc) is 2.19. The first kappa shape index (κ1) is 11.6. The Morgan fingerprint density at radius 2 is 2.06 bits per heavy atom. The van der Waals surface area contributed by atoms with E-state index in [0.717, 1.165) is 12.8 Å². The number of nitrogens with one attached hydrogen (secondary N) is 2. The Labute approximate surface area is 104 Å². The summed E-state index contributed by atoms with van der Waals surface area (Å²) in [6.07, 6.45) is 3.29. The van der Waals surface area contributed by atoms with Gasteiger partial charge in [-0.3, -0.25) is 0 Å². The van der Waals surface area contributed by atoms with E-state index in [-0.39, 0.29) is 6.03 Å². The molecule has 1 aliphatic carbocycles. The Bertz CT molecular complexity index is 405. The van der Waals surface area contributed by atoms with E-state index in [1.165, 1.54) is 6.42 Å². The van der Waals surface area contributed by atoms with E-state index in [0.29, 0.717) is 21.8 Å². The highest BCUT2D eigenvalue weighted by Gasteiger charge is 2.19. The first-order valence-corrected chi connectivity index (χ1v) is 5.94. The molecule has 2 amide bonds. The van der Waals surface area contributed by atoms with Gasteiger partial charge in [0.2, 0.25) is 0 Å². The van der Waals surface area contributed by atoms with E-state index >= 15 is 0 Å². The molecule has 86 valence electrons. The summed E-state index contributed by atoms with van der Waals surface area (Å²) in [7, 11) is 0. The van der Waals surface area contributed by atoms with E-state index in [4.69, 9.17) is 23.2 Å². The second kappa shape index (κ2) is 4.93. The predicted molar refractivity (Wildman–Crippen MR) is 66.3 cm³/mol. The minimum Gasteiger partial charge on any atom is -0.335 e. The van der Waals surface area contributed by atoms with Crippen molar-refractivity contribution >= 4 is 34.9 Å². The van der Waals surface area contributed by atoms with Crippen LogP contribution in [-0.4, -0.2) is 12.1 Å². The predicted octanol–water partition coefficient (Wildman–Crippen LogP) is 3.67. The maximum Gasteiger partial charge on any atom is 0.319 e. The second-order valence-electron chi connectivity index (χ2n) is 3.83. The van der Waals surface area contributed by atoms with Gasteiger partial charge in [0.1, 0.15) is 0 Å². The maximum absolute atomic E-state index is 11.6. The van der Waals surface area contributed by atoms with Crippen molar-refractivity contribution in [2.75, 3.05) is 5.32 Å². The van der Waals surface area contributed by atoms with E-state index in [1.807, 2.05) is 0 Å².